The van der Waals surface area contributed by atoms with Gasteiger partial charge in [-0.2, -0.15) is 11.8 Å². The number of carbonyl (C=O) groups is 2. The lowest BCUT2D eigenvalue weighted by Gasteiger charge is -2.04. The molecule has 0 saturated heterocycles. The fourth-order valence-corrected chi connectivity index (χ4v) is 3.61. The van der Waals surface area contributed by atoms with Gasteiger partial charge in [-0.05, 0) is 36.1 Å². The molecule has 0 aliphatic heterocycles. The molecule has 8 heteroatoms. The van der Waals surface area contributed by atoms with Gasteiger partial charge in [0.25, 0.3) is 5.91 Å². The van der Waals surface area contributed by atoms with Crippen molar-refractivity contribution in [1.82, 2.24) is 10.3 Å². The maximum absolute atomic E-state index is 12.5. The van der Waals surface area contributed by atoms with Gasteiger partial charge in [-0.3, -0.25) is 14.9 Å². The number of carbonyl (C=O) groups excluding carboxylic acids is 2. The van der Waals surface area contributed by atoms with Gasteiger partial charge in [0.15, 0.2) is 10.9 Å². The third-order valence-corrected chi connectivity index (χ3v) is 5.03. The molecule has 6 nitrogen and oxygen atoms in total. The third kappa shape index (κ3) is 5.21. The molecule has 0 bridgehead atoms. The molecule has 2 aromatic heterocycles. The molecule has 0 fully saturated rings. The molecule has 140 valence electrons. The lowest BCUT2D eigenvalue weighted by molar-refractivity contribution is -0.119. The van der Waals surface area contributed by atoms with Crippen LogP contribution in [0.3, 0.4) is 0 Å². The van der Waals surface area contributed by atoms with Crippen LogP contribution in [-0.4, -0.2) is 23.1 Å². The highest BCUT2D eigenvalue weighted by molar-refractivity contribution is 7.97. The van der Waals surface area contributed by atoms with Gasteiger partial charge >= 0.3 is 0 Å². The van der Waals surface area contributed by atoms with E-state index in [-0.39, 0.29) is 11.8 Å². The summed E-state index contributed by atoms with van der Waals surface area (Å²) in [7, 11) is 0. The smallest absolute Gasteiger partial charge is 0.257 e. The Balaban J connectivity index is 1.66. The highest BCUT2D eigenvalue weighted by atomic mass is 32.2. The van der Waals surface area contributed by atoms with Crippen LogP contribution in [-0.2, 0) is 17.1 Å². The van der Waals surface area contributed by atoms with Crippen molar-refractivity contribution >= 4 is 40.0 Å². The number of amides is 2. The normalized spacial score (nSPS) is 10.6. The van der Waals surface area contributed by atoms with Gasteiger partial charge in [-0.25, -0.2) is 4.98 Å². The second kappa shape index (κ2) is 8.88. The van der Waals surface area contributed by atoms with E-state index in [9.17, 15) is 9.59 Å². The van der Waals surface area contributed by atoms with Crippen molar-refractivity contribution in [2.45, 2.75) is 19.2 Å². The third-order valence-electron chi connectivity index (χ3n) is 3.65. The molecule has 3 rings (SSSR count). The molecule has 3 aromatic rings. The molecule has 2 N–H and O–H groups in total. The zero-order valence-corrected chi connectivity index (χ0v) is 16.6. The van der Waals surface area contributed by atoms with Crippen LogP contribution in [0.2, 0.25) is 0 Å². The number of nitrogens with zero attached hydrogens (tertiary/aromatic N) is 1. The van der Waals surface area contributed by atoms with Gasteiger partial charge in [0.05, 0.1) is 6.54 Å². The summed E-state index contributed by atoms with van der Waals surface area (Å²) in [6.07, 6.45) is 2.03. The number of benzene rings is 1. The first-order valence-corrected chi connectivity index (χ1v) is 10.5. The van der Waals surface area contributed by atoms with Crippen LogP contribution in [0.25, 0.3) is 11.5 Å². The Hall–Kier alpha value is -2.58. The number of aromatic nitrogens is 1. The molecule has 0 unspecified atom stereocenters. The highest BCUT2D eigenvalue weighted by Gasteiger charge is 2.13. The summed E-state index contributed by atoms with van der Waals surface area (Å²) in [5.41, 5.74) is 2.35. The van der Waals surface area contributed by atoms with E-state index < -0.39 is 0 Å². The number of thiazole rings is 1. The Morgan fingerprint density at radius 2 is 2.11 bits per heavy atom. The van der Waals surface area contributed by atoms with Gasteiger partial charge in [0.2, 0.25) is 5.91 Å². The van der Waals surface area contributed by atoms with E-state index in [0.717, 1.165) is 11.3 Å². The molecule has 0 radical (unpaired) electrons. The second-order valence-electron chi connectivity index (χ2n) is 5.80. The molecular formula is C19H19N3O3S2. The molecule has 0 spiro atoms. The van der Waals surface area contributed by atoms with Crippen LogP contribution in [0.5, 0.6) is 0 Å². The summed E-state index contributed by atoms with van der Waals surface area (Å²) >= 11 is 3.04. The zero-order chi connectivity index (χ0) is 19.2. The van der Waals surface area contributed by atoms with Crippen molar-refractivity contribution < 1.29 is 14.0 Å². The van der Waals surface area contributed by atoms with Crippen molar-refractivity contribution in [2.24, 2.45) is 0 Å². The molecule has 0 saturated carbocycles. The van der Waals surface area contributed by atoms with E-state index in [4.69, 9.17) is 4.42 Å². The van der Waals surface area contributed by atoms with Crippen molar-refractivity contribution in [1.29, 1.82) is 0 Å². The molecular weight excluding hydrogens is 382 g/mol. The minimum absolute atomic E-state index is 0.117. The summed E-state index contributed by atoms with van der Waals surface area (Å²) in [5.74, 6) is 1.79. The quantitative estimate of drug-likeness (QED) is 0.621. The monoisotopic (exact) mass is 401 g/mol. The molecule has 0 atom stereocenters. The number of nitrogens with one attached hydrogen (secondary N) is 2. The minimum atomic E-state index is -0.190. The predicted octanol–water partition coefficient (Wildman–Crippen LogP) is 4.15. The van der Waals surface area contributed by atoms with Crippen molar-refractivity contribution in [3.63, 3.8) is 0 Å². The van der Waals surface area contributed by atoms with Crippen LogP contribution >= 0.6 is 23.1 Å². The van der Waals surface area contributed by atoms with E-state index in [2.05, 4.69) is 15.6 Å². The van der Waals surface area contributed by atoms with Gasteiger partial charge < -0.3 is 9.73 Å². The topological polar surface area (TPSA) is 84.2 Å². The lowest BCUT2D eigenvalue weighted by atomic mass is 10.1. The van der Waals surface area contributed by atoms with Gasteiger partial charge in [-0.1, -0.05) is 12.1 Å². The minimum Gasteiger partial charge on any atom is -0.458 e. The number of hydrogen-bond donors (Lipinski definition) is 2. The molecule has 0 aliphatic carbocycles. The van der Waals surface area contributed by atoms with Crippen LogP contribution in [0.1, 0.15) is 28.6 Å². The number of furan rings is 1. The number of thioether (sulfide) groups is 1. The number of anilines is 1. The molecule has 1 aromatic carbocycles. The fourth-order valence-electron chi connectivity index (χ4n) is 2.40. The van der Waals surface area contributed by atoms with E-state index in [1.165, 1.54) is 18.3 Å². The highest BCUT2D eigenvalue weighted by Crippen LogP contribution is 2.27. The summed E-state index contributed by atoms with van der Waals surface area (Å²) in [6.45, 7) is 1.78. The Kier molecular flexibility index (Phi) is 6.31. The Morgan fingerprint density at radius 3 is 2.89 bits per heavy atom. The fraction of sp³-hybridized carbons (Fsp3) is 0.211. The Labute approximate surface area is 165 Å². The average molecular weight is 402 g/mol. The predicted molar refractivity (Wildman–Crippen MR) is 109 cm³/mol. The van der Waals surface area contributed by atoms with Gasteiger partial charge in [-0.15, -0.1) is 11.3 Å². The SMILES string of the molecule is CSCc1cccc(C(=O)Nc2nc(-c3ccc(CNC(C)=O)o3)cs2)c1. The summed E-state index contributed by atoms with van der Waals surface area (Å²) in [4.78, 5) is 27.8. The summed E-state index contributed by atoms with van der Waals surface area (Å²) in [5, 5.41) is 7.83. The van der Waals surface area contributed by atoms with E-state index >= 15 is 0 Å². The Morgan fingerprint density at radius 1 is 1.26 bits per heavy atom. The molecule has 2 amide bonds. The maximum atomic E-state index is 12.5. The first kappa shape index (κ1) is 19.2. The molecule has 27 heavy (non-hydrogen) atoms. The average Bonchev–Trinajstić information content (AvgIpc) is 3.29. The largest absolute Gasteiger partial charge is 0.458 e. The van der Waals surface area contributed by atoms with Crippen LogP contribution in [0.15, 0.2) is 46.2 Å². The van der Waals surface area contributed by atoms with Crippen molar-refractivity contribution in [3.05, 3.63) is 58.7 Å². The molecule has 0 aliphatic rings. The molecule has 2 heterocycles. The van der Waals surface area contributed by atoms with E-state index in [1.807, 2.05) is 29.8 Å². The van der Waals surface area contributed by atoms with E-state index in [0.29, 0.717) is 34.5 Å². The lowest BCUT2D eigenvalue weighted by Crippen LogP contribution is -2.18. The number of rotatable bonds is 7. The second-order valence-corrected chi connectivity index (χ2v) is 7.53. The zero-order valence-electron chi connectivity index (χ0n) is 14.9. The Bertz CT molecular complexity index is 949. The van der Waals surface area contributed by atoms with Crippen LogP contribution in [0, 0.1) is 0 Å². The summed E-state index contributed by atoms with van der Waals surface area (Å²) < 4.78 is 5.68. The van der Waals surface area contributed by atoms with Crippen LogP contribution in [0.4, 0.5) is 5.13 Å². The van der Waals surface area contributed by atoms with Gasteiger partial charge in [0.1, 0.15) is 11.5 Å². The van der Waals surface area contributed by atoms with Crippen molar-refractivity contribution in [2.75, 3.05) is 11.6 Å². The van der Waals surface area contributed by atoms with E-state index in [1.54, 1.807) is 30.0 Å². The first-order chi connectivity index (χ1) is 13.0. The standard InChI is InChI=1S/C19H19N3O3S2/c1-12(23)20-9-15-6-7-17(25-15)16-11-27-19(21-16)22-18(24)14-5-3-4-13(8-14)10-26-2/h3-8,11H,9-10H2,1-2H3,(H,20,23)(H,21,22,24). The number of hydrogen-bond acceptors (Lipinski definition) is 6. The van der Waals surface area contributed by atoms with Crippen LogP contribution < -0.4 is 10.6 Å². The van der Waals surface area contributed by atoms with Crippen molar-refractivity contribution in [3.8, 4) is 11.5 Å². The maximum Gasteiger partial charge on any atom is 0.257 e. The summed E-state index contributed by atoms with van der Waals surface area (Å²) in [6, 6.07) is 11.1. The van der Waals surface area contributed by atoms with Gasteiger partial charge in [0, 0.05) is 23.6 Å². The first-order valence-electron chi connectivity index (χ1n) is 8.23.